The Balaban J connectivity index is 1.59. The molecule has 0 aliphatic heterocycles. The summed E-state index contributed by atoms with van der Waals surface area (Å²) < 4.78 is 9.68. The van der Waals surface area contributed by atoms with Crippen molar-refractivity contribution in [2.45, 2.75) is 51.7 Å². The first-order valence-corrected chi connectivity index (χ1v) is 15.6. The van der Waals surface area contributed by atoms with Gasteiger partial charge in [-0.1, -0.05) is 49.4 Å². The second-order valence-electron chi connectivity index (χ2n) is 10.1. The molecular weight excluding hydrogens is 450 g/mol. The van der Waals surface area contributed by atoms with Gasteiger partial charge in [0.15, 0.2) is 0 Å². The molecule has 1 aliphatic rings. The minimum absolute atomic E-state index is 0.374. The highest BCUT2D eigenvalue weighted by Gasteiger charge is 2.22. The van der Waals surface area contributed by atoms with E-state index in [1.54, 1.807) is 4.68 Å². The zero-order chi connectivity index (χ0) is 23.2. The van der Waals surface area contributed by atoms with E-state index < -0.39 is 8.07 Å². The van der Waals surface area contributed by atoms with Gasteiger partial charge in [-0.25, -0.2) is 9.67 Å². The van der Waals surface area contributed by atoms with Gasteiger partial charge in [0.2, 0.25) is 0 Å². The van der Waals surface area contributed by atoms with E-state index in [9.17, 15) is 0 Å². The van der Waals surface area contributed by atoms with E-state index in [1.807, 2.05) is 30.2 Å². The average molecular weight is 480 g/mol. The van der Waals surface area contributed by atoms with E-state index in [0.717, 1.165) is 59.0 Å². The fourth-order valence-electron chi connectivity index (χ4n) is 4.47. The fraction of sp³-hybridized carbons (Fsp3) is 0.400. The van der Waals surface area contributed by atoms with E-state index in [-0.39, 0.29) is 0 Å². The van der Waals surface area contributed by atoms with Crippen LogP contribution in [0.1, 0.15) is 17.5 Å². The normalized spacial score (nSPS) is 13.7. The summed E-state index contributed by atoms with van der Waals surface area (Å²) in [6.45, 7) is 8.16. The summed E-state index contributed by atoms with van der Waals surface area (Å²) in [6, 6.07) is 9.57. The third kappa shape index (κ3) is 4.49. The molecule has 3 aromatic heterocycles. The Labute approximate surface area is 200 Å². The quantitative estimate of drug-likeness (QED) is 0.242. The van der Waals surface area contributed by atoms with Gasteiger partial charge in [-0.05, 0) is 42.5 Å². The van der Waals surface area contributed by atoms with Crippen molar-refractivity contribution in [3.63, 3.8) is 0 Å². The Morgan fingerprint density at radius 1 is 1.15 bits per heavy atom. The highest BCUT2D eigenvalue weighted by atomic mass is 35.5. The molecule has 33 heavy (non-hydrogen) atoms. The van der Waals surface area contributed by atoms with Crippen LogP contribution in [-0.4, -0.2) is 39.2 Å². The topological polar surface area (TPSA) is 57.8 Å². The van der Waals surface area contributed by atoms with E-state index in [0.29, 0.717) is 11.8 Å². The molecule has 4 aromatic rings. The van der Waals surface area contributed by atoms with Crippen molar-refractivity contribution in [3.8, 4) is 22.5 Å². The summed E-state index contributed by atoms with van der Waals surface area (Å²) in [4.78, 5) is 5.10. The van der Waals surface area contributed by atoms with Crippen molar-refractivity contribution in [1.29, 1.82) is 0 Å². The lowest BCUT2D eigenvalue weighted by Crippen LogP contribution is -2.22. The lowest BCUT2D eigenvalue weighted by molar-refractivity contribution is 0.0818. The van der Waals surface area contributed by atoms with Crippen LogP contribution in [0.3, 0.4) is 0 Å². The number of rotatable bonds is 7. The number of ether oxygens (including phenoxy) is 1. The maximum absolute atomic E-state index is 6.84. The summed E-state index contributed by atoms with van der Waals surface area (Å²) in [5.74, 6) is 0. The number of fused-ring (bicyclic) bond motifs is 2. The first kappa shape index (κ1) is 22.3. The van der Waals surface area contributed by atoms with E-state index in [1.165, 1.54) is 17.5 Å². The van der Waals surface area contributed by atoms with Gasteiger partial charge in [-0.15, -0.1) is 0 Å². The summed E-state index contributed by atoms with van der Waals surface area (Å²) in [5.41, 5.74) is 8.18. The molecule has 1 aliphatic carbocycles. The Hall–Kier alpha value is -2.48. The van der Waals surface area contributed by atoms with Crippen LogP contribution >= 0.6 is 11.6 Å². The molecule has 0 saturated heterocycles. The van der Waals surface area contributed by atoms with Gasteiger partial charge >= 0.3 is 0 Å². The summed E-state index contributed by atoms with van der Waals surface area (Å²) in [5, 5.41) is 9.87. The molecule has 172 valence electrons. The van der Waals surface area contributed by atoms with Crippen LogP contribution in [0.4, 0.5) is 0 Å². The van der Waals surface area contributed by atoms with Crippen LogP contribution in [0.5, 0.6) is 0 Å². The summed E-state index contributed by atoms with van der Waals surface area (Å²) >= 11 is 6.84. The van der Waals surface area contributed by atoms with Crippen LogP contribution in [0, 0.1) is 0 Å². The third-order valence-electron chi connectivity index (χ3n) is 6.27. The van der Waals surface area contributed by atoms with E-state index in [4.69, 9.17) is 26.4 Å². The van der Waals surface area contributed by atoms with E-state index >= 15 is 0 Å². The Bertz CT molecular complexity index is 1320. The number of hydrogen-bond donors (Lipinski definition) is 0. The Kier molecular flexibility index (Phi) is 5.89. The second kappa shape index (κ2) is 8.70. The van der Waals surface area contributed by atoms with Crippen LogP contribution in [-0.2, 0) is 31.4 Å². The Morgan fingerprint density at radius 2 is 2.00 bits per heavy atom. The molecule has 0 fully saturated rings. The number of hydrogen-bond acceptors (Lipinski definition) is 4. The SMILES string of the molecule is Cn1cc(-c2nn(COCC[Si](C)(C)C)c3cc(Cl)c(-c4cccc5c4CCC5)nc23)cn1. The van der Waals surface area contributed by atoms with Gasteiger partial charge in [0.05, 0.1) is 22.4 Å². The van der Waals surface area contributed by atoms with Crippen LogP contribution < -0.4 is 0 Å². The van der Waals surface area contributed by atoms with Crippen molar-refractivity contribution < 1.29 is 4.74 Å². The highest BCUT2D eigenvalue weighted by Crippen LogP contribution is 2.38. The first-order valence-electron chi connectivity index (χ1n) is 11.5. The third-order valence-corrected chi connectivity index (χ3v) is 8.26. The number of benzene rings is 1. The number of pyridine rings is 1. The van der Waals surface area contributed by atoms with Crippen molar-refractivity contribution in [2.24, 2.45) is 7.05 Å². The minimum Gasteiger partial charge on any atom is -0.360 e. The molecule has 1 aromatic carbocycles. The molecule has 0 amide bonds. The average Bonchev–Trinajstić information content (AvgIpc) is 3.48. The van der Waals surface area contributed by atoms with Crippen molar-refractivity contribution in [2.75, 3.05) is 6.61 Å². The molecule has 0 unspecified atom stereocenters. The number of aromatic nitrogens is 5. The predicted molar refractivity (Wildman–Crippen MR) is 136 cm³/mol. The molecule has 0 N–H and O–H groups in total. The highest BCUT2D eigenvalue weighted by molar-refractivity contribution is 6.76. The summed E-state index contributed by atoms with van der Waals surface area (Å²) in [7, 11) is 0.752. The second-order valence-corrected chi connectivity index (χ2v) is 16.1. The fourth-order valence-corrected chi connectivity index (χ4v) is 5.47. The molecule has 0 radical (unpaired) electrons. The molecule has 5 rings (SSSR count). The standard InChI is InChI=1S/C25H30ClN5OSi/c1-30-15-18(14-27-30)23-25-22(31(29-23)16-32-11-12-33(2,3)4)13-21(26)24(28-25)20-10-6-8-17-7-5-9-19(17)20/h6,8,10,13-15H,5,7,9,11-12,16H2,1-4H3. The van der Waals surface area contributed by atoms with Gasteiger partial charge in [0.1, 0.15) is 17.9 Å². The number of halogens is 1. The largest absolute Gasteiger partial charge is 0.360 e. The molecule has 3 heterocycles. The molecule has 0 saturated carbocycles. The Morgan fingerprint density at radius 3 is 2.76 bits per heavy atom. The maximum Gasteiger partial charge on any atom is 0.140 e. The zero-order valence-corrected chi connectivity index (χ0v) is 21.5. The van der Waals surface area contributed by atoms with Gasteiger partial charge in [0, 0.05) is 39.1 Å². The monoisotopic (exact) mass is 479 g/mol. The van der Waals surface area contributed by atoms with Crippen molar-refractivity contribution >= 4 is 30.7 Å². The molecule has 6 nitrogen and oxygen atoms in total. The lowest BCUT2D eigenvalue weighted by atomic mass is 10.00. The van der Waals surface area contributed by atoms with E-state index in [2.05, 4.69) is 42.9 Å². The molecular formula is C25H30ClN5OSi. The zero-order valence-electron chi connectivity index (χ0n) is 19.7. The lowest BCUT2D eigenvalue weighted by Gasteiger charge is -2.15. The summed E-state index contributed by atoms with van der Waals surface area (Å²) in [6.07, 6.45) is 7.17. The van der Waals surface area contributed by atoms with Crippen molar-refractivity contribution in [3.05, 3.63) is 52.8 Å². The van der Waals surface area contributed by atoms with Gasteiger partial charge in [-0.2, -0.15) is 10.2 Å². The molecule has 8 heteroatoms. The molecule has 0 spiro atoms. The minimum atomic E-state index is -1.16. The van der Waals surface area contributed by atoms with Gasteiger partial charge < -0.3 is 4.74 Å². The number of aryl methyl sites for hydroxylation is 2. The smallest absolute Gasteiger partial charge is 0.140 e. The van der Waals surface area contributed by atoms with Crippen LogP contribution in [0.2, 0.25) is 30.7 Å². The van der Waals surface area contributed by atoms with Crippen molar-refractivity contribution in [1.82, 2.24) is 24.5 Å². The van der Waals surface area contributed by atoms with Gasteiger partial charge in [0.25, 0.3) is 0 Å². The predicted octanol–water partition coefficient (Wildman–Crippen LogP) is 5.95. The van der Waals surface area contributed by atoms with Crippen LogP contribution in [0.15, 0.2) is 36.7 Å². The van der Waals surface area contributed by atoms with Crippen LogP contribution in [0.25, 0.3) is 33.5 Å². The maximum atomic E-state index is 6.84. The molecule has 0 atom stereocenters. The number of nitrogens with zero attached hydrogens (tertiary/aromatic N) is 5. The van der Waals surface area contributed by atoms with Gasteiger partial charge in [-0.3, -0.25) is 4.68 Å². The first-order chi connectivity index (χ1) is 15.8. The molecule has 0 bridgehead atoms.